The van der Waals surface area contributed by atoms with Crippen molar-refractivity contribution >= 4 is 28.9 Å². The molecule has 0 aliphatic carbocycles. The topological polar surface area (TPSA) is 50.8 Å². The number of aromatic amines is 1. The van der Waals surface area contributed by atoms with E-state index in [0.717, 1.165) is 65.3 Å². The third-order valence-electron chi connectivity index (χ3n) is 6.01. The van der Waals surface area contributed by atoms with E-state index in [-0.39, 0.29) is 5.41 Å². The number of pyridine rings is 1. The third-order valence-corrected chi connectivity index (χ3v) is 6.27. The van der Waals surface area contributed by atoms with Gasteiger partial charge in [-0.25, -0.2) is 9.97 Å². The van der Waals surface area contributed by atoms with Crippen LogP contribution in [0.2, 0.25) is 5.02 Å². The van der Waals surface area contributed by atoms with Gasteiger partial charge in [-0.1, -0.05) is 50.6 Å². The lowest BCUT2D eigenvalue weighted by atomic mass is 9.91. The molecule has 0 spiro atoms. The van der Waals surface area contributed by atoms with Crippen LogP contribution in [0.4, 0.5) is 11.6 Å². The molecule has 0 amide bonds. The molecule has 0 saturated carbocycles. The summed E-state index contributed by atoms with van der Waals surface area (Å²) < 4.78 is 1.99. The minimum absolute atomic E-state index is 0.0706. The molecule has 4 aromatic rings. The molecule has 164 valence electrons. The molecule has 0 atom stereocenters. The molecule has 32 heavy (non-hydrogen) atoms. The molecule has 1 saturated heterocycles. The summed E-state index contributed by atoms with van der Waals surface area (Å²) in [4.78, 5) is 13.2. The fraction of sp³-hybridized carbons (Fsp3) is 0.320. The molecule has 0 unspecified atom stereocenters. The molecule has 1 N–H and O–H groups in total. The highest BCUT2D eigenvalue weighted by molar-refractivity contribution is 6.30. The number of piperazine rings is 1. The molecule has 3 aromatic heterocycles. The van der Waals surface area contributed by atoms with Crippen molar-refractivity contribution in [2.24, 2.45) is 0 Å². The number of H-pyrrole nitrogens is 1. The van der Waals surface area contributed by atoms with Crippen LogP contribution in [0.5, 0.6) is 0 Å². The Hall–Kier alpha value is -3.12. The van der Waals surface area contributed by atoms with Crippen molar-refractivity contribution in [3.63, 3.8) is 0 Å². The summed E-state index contributed by atoms with van der Waals surface area (Å²) in [6.07, 6.45) is 3.89. The van der Waals surface area contributed by atoms with E-state index in [0.29, 0.717) is 0 Å². The van der Waals surface area contributed by atoms with Crippen LogP contribution in [0.3, 0.4) is 0 Å². The van der Waals surface area contributed by atoms with Crippen LogP contribution < -0.4 is 14.8 Å². The normalized spacial score (nSPS) is 14.9. The van der Waals surface area contributed by atoms with Gasteiger partial charge in [-0.05, 0) is 23.8 Å². The van der Waals surface area contributed by atoms with Gasteiger partial charge in [0, 0.05) is 28.1 Å². The number of fused-ring (bicyclic) bond motifs is 1. The van der Waals surface area contributed by atoms with Crippen molar-refractivity contribution in [1.82, 2.24) is 14.6 Å². The zero-order valence-electron chi connectivity index (χ0n) is 18.7. The van der Waals surface area contributed by atoms with Gasteiger partial charge in [0.25, 0.3) is 5.82 Å². The zero-order valence-corrected chi connectivity index (χ0v) is 19.5. The van der Waals surface area contributed by atoms with E-state index in [4.69, 9.17) is 21.7 Å². The maximum absolute atomic E-state index is 6.11. The molecular weight excluding hydrogens is 420 g/mol. The van der Waals surface area contributed by atoms with Crippen molar-refractivity contribution in [2.75, 3.05) is 36.0 Å². The first-order valence-electron chi connectivity index (χ1n) is 11.0. The number of nitrogens with zero attached hydrogens (tertiary/aromatic N) is 5. The second-order valence-corrected chi connectivity index (χ2v) is 9.71. The van der Waals surface area contributed by atoms with Crippen LogP contribution in [0.15, 0.2) is 60.9 Å². The Morgan fingerprint density at radius 3 is 2.31 bits per heavy atom. The summed E-state index contributed by atoms with van der Waals surface area (Å²) in [5.41, 5.74) is 3.96. The number of hydrogen-bond acceptors (Lipinski definition) is 4. The van der Waals surface area contributed by atoms with Crippen molar-refractivity contribution < 1.29 is 4.98 Å². The van der Waals surface area contributed by atoms with Crippen LogP contribution in [-0.4, -0.2) is 40.8 Å². The van der Waals surface area contributed by atoms with E-state index < -0.39 is 0 Å². The second-order valence-electron chi connectivity index (χ2n) is 9.27. The van der Waals surface area contributed by atoms with Gasteiger partial charge in [0.15, 0.2) is 5.65 Å². The molecule has 4 heterocycles. The maximum Gasteiger partial charge on any atom is 0.274 e. The Balaban J connectivity index is 1.53. The number of benzene rings is 1. The van der Waals surface area contributed by atoms with E-state index in [1.54, 1.807) is 0 Å². The predicted octanol–water partition coefficient (Wildman–Crippen LogP) is 4.49. The molecule has 0 radical (unpaired) electrons. The predicted molar refractivity (Wildman–Crippen MR) is 130 cm³/mol. The van der Waals surface area contributed by atoms with E-state index in [1.165, 1.54) is 0 Å². The van der Waals surface area contributed by atoms with Gasteiger partial charge in [-0.2, -0.15) is 9.61 Å². The van der Waals surface area contributed by atoms with Gasteiger partial charge >= 0.3 is 0 Å². The van der Waals surface area contributed by atoms with Gasteiger partial charge in [0.1, 0.15) is 18.9 Å². The monoisotopic (exact) mass is 447 g/mol. The van der Waals surface area contributed by atoms with Gasteiger partial charge in [-0.15, -0.1) is 0 Å². The van der Waals surface area contributed by atoms with Crippen LogP contribution in [-0.2, 0) is 5.41 Å². The maximum atomic E-state index is 6.11. The Labute approximate surface area is 193 Å². The molecule has 1 aliphatic heterocycles. The average molecular weight is 448 g/mol. The fourth-order valence-corrected chi connectivity index (χ4v) is 4.27. The van der Waals surface area contributed by atoms with Crippen molar-refractivity contribution in [3.8, 4) is 11.1 Å². The smallest absolute Gasteiger partial charge is 0.274 e. The van der Waals surface area contributed by atoms with E-state index in [9.17, 15) is 0 Å². The third kappa shape index (κ3) is 3.91. The van der Waals surface area contributed by atoms with Gasteiger partial charge in [-0.3, -0.25) is 4.90 Å². The van der Waals surface area contributed by atoms with E-state index in [2.05, 4.69) is 53.8 Å². The largest absolute Gasteiger partial charge is 0.349 e. The average Bonchev–Trinajstić information content (AvgIpc) is 3.23. The van der Waals surface area contributed by atoms with Crippen LogP contribution in [0.25, 0.3) is 16.8 Å². The SMILES string of the molecule is CC(C)(C)c1cc(N2CCN(c3cccc[nH+]3)CC2)n2ncc(-c3ccc(Cl)cc3)c2n1. The number of rotatable bonds is 3. The zero-order chi connectivity index (χ0) is 22.3. The van der Waals surface area contributed by atoms with Crippen molar-refractivity contribution in [3.05, 3.63) is 71.6 Å². The summed E-state index contributed by atoms with van der Waals surface area (Å²) in [7, 11) is 0. The van der Waals surface area contributed by atoms with Crippen LogP contribution in [0.1, 0.15) is 26.5 Å². The minimum Gasteiger partial charge on any atom is -0.349 e. The van der Waals surface area contributed by atoms with Crippen molar-refractivity contribution in [2.45, 2.75) is 26.2 Å². The molecule has 5 rings (SSSR count). The van der Waals surface area contributed by atoms with Crippen LogP contribution in [0, 0.1) is 0 Å². The quantitative estimate of drug-likeness (QED) is 0.464. The van der Waals surface area contributed by atoms with E-state index >= 15 is 0 Å². The lowest BCUT2D eigenvalue weighted by Gasteiger charge is -2.33. The first-order valence-corrected chi connectivity index (χ1v) is 11.4. The summed E-state index contributed by atoms with van der Waals surface area (Å²) in [5.74, 6) is 2.25. The molecule has 7 heteroatoms. The highest BCUT2D eigenvalue weighted by Crippen LogP contribution is 2.32. The summed E-state index contributed by atoms with van der Waals surface area (Å²) in [6.45, 7) is 10.3. The molecule has 1 aliphatic rings. The second kappa shape index (κ2) is 8.10. The Bertz CT molecular complexity index is 1220. The molecule has 1 fully saturated rings. The number of nitrogens with one attached hydrogen (secondary N) is 1. The number of hydrogen-bond donors (Lipinski definition) is 0. The van der Waals surface area contributed by atoms with E-state index in [1.807, 2.05) is 47.2 Å². The highest BCUT2D eigenvalue weighted by atomic mass is 35.5. The lowest BCUT2D eigenvalue weighted by molar-refractivity contribution is -0.364. The summed E-state index contributed by atoms with van der Waals surface area (Å²) >= 11 is 6.11. The molecule has 1 aromatic carbocycles. The van der Waals surface area contributed by atoms with Gasteiger partial charge in [0.2, 0.25) is 0 Å². The highest BCUT2D eigenvalue weighted by Gasteiger charge is 2.27. The standard InChI is InChI=1S/C25H27ClN6/c1-25(2,3)21-16-23(31-14-12-30(13-15-31)22-6-4-5-11-27-22)32-24(29-21)20(17-28-32)18-7-9-19(26)10-8-18/h4-11,16-17H,12-15H2,1-3H3/p+1. The van der Waals surface area contributed by atoms with Crippen LogP contribution >= 0.6 is 11.6 Å². The fourth-order valence-electron chi connectivity index (χ4n) is 4.15. The number of halogens is 1. The minimum atomic E-state index is -0.0706. The molecule has 0 bridgehead atoms. The summed E-state index contributed by atoms with van der Waals surface area (Å²) in [5, 5.41) is 5.48. The summed E-state index contributed by atoms with van der Waals surface area (Å²) in [6, 6.07) is 16.3. The number of aromatic nitrogens is 4. The van der Waals surface area contributed by atoms with Crippen molar-refractivity contribution in [1.29, 1.82) is 0 Å². The lowest BCUT2D eigenvalue weighted by Crippen LogP contribution is -2.48. The first-order chi connectivity index (χ1) is 15.4. The molecular formula is C25H28ClN6+. The Morgan fingerprint density at radius 2 is 1.66 bits per heavy atom. The first kappa shape index (κ1) is 20.8. The Morgan fingerprint density at radius 1 is 0.938 bits per heavy atom. The van der Waals surface area contributed by atoms with Gasteiger partial charge in [0.05, 0.1) is 31.2 Å². The van der Waals surface area contributed by atoms with Gasteiger partial charge < -0.3 is 4.90 Å². The number of anilines is 2. The Kier molecular flexibility index (Phi) is 5.25. The molecule has 6 nitrogen and oxygen atoms in total.